The molecule has 0 fully saturated rings. The van der Waals surface area contributed by atoms with Crippen LogP contribution in [0.4, 0.5) is 0 Å². The monoisotopic (exact) mass is 400 g/mol. The molecule has 0 atom stereocenters. The van der Waals surface area contributed by atoms with Crippen molar-refractivity contribution >= 4 is 5.97 Å². The predicted octanol–water partition coefficient (Wildman–Crippen LogP) is 7.40. The van der Waals surface area contributed by atoms with Gasteiger partial charge in [-0.2, -0.15) is 0 Å². The van der Waals surface area contributed by atoms with Crippen LogP contribution in [0.3, 0.4) is 0 Å². The Kier molecular flexibility index (Phi) is 5.90. The fraction of sp³-hybridized carbons (Fsp3) is 0.321. The summed E-state index contributed by atoms with van der Waals surface area (Å²) in [6.07, 6.45) is 0. The van der Waals surface area contributed by atoms with E-state index in [0.29, 0.717) is 5.56 Å². The molecule has 3 rings (SSSR count). The number of methoxy groups -OCH3 is 1. The Hall–Kier alpha value is -2.87. The van der Waals surface area contributed by atoms with Crippen LogP contribution in [0, 0.1) is 0 Å². The molecule has 3 aromatic carbocycles. The summed E-state index contributed by atoms with van der Waals surface area (Å²) < 4.78 is 5.09. The van der Waals surface area contributed by atoms with E-state index >= 15 is 0 Å². The van der Waals surface area contributed by atoms with Crippen LogP contribution in [0.1, 0.15) is 63.0 Å². The molecule has 0 unspecified atom stereocenters. The maximum Gasteiger partial charge on any atom is 0.338 e. The fourth-order valence-corrected chi connectivity index (χ4v) is 3.57. The van der Waals surface area contributed by atoms with E-state index in [1.807, 2.05) is 12.1 Å². The zero-order chi connectivity index (χ0) is 22.1. The fourth-order valence-electron chi connectivity index (χ4n) is 3.57. The first kappa shape index (κ1) is 21.8. The smallest absolute Gasteiger partial charge is 0.338 e. The van der Waals surface area contributed by atoms with Crippen molar-refractivity contribution in [3.05, 3.63) is 83.4 Å². The number of hydrogen-bond acceptors (Lipinski definition) is 2. The summed E-state index contributed by atoms with van der Waals surface area (Å²) in [5.41, 5.74) is 7.32. The molecule has 0 aliphatic heterocycles. The van der Waals surface area contributed by atoms with E-state index in [1.54, 1.807) is 0 Å². The first-order chi connectivity index (χ1) is 14.0. The summed E-state index contributed by atoms with van der Waals surface area (Å²) in [6, 6.07) is 23.0. The van der Waals surface area contributed by atoms with Gasteiger partial charge >= 0.3 is 5.97 Å². The van der Waals surface area contributed by atoms with Crippen LogP contribution in [0.2, 0.25) is 0 Å². The van der Waals surface area contributed by atoms with Gasteiger partial charge in [-0.05, 0) is 50.3 Å². The van der Waals surface area contributed by atoms with Gasteiger partial charge in [0.2, 0.25) is 0 Å². The number of hydrogen-bond donors (Lipinski definition) is 0. The summed E-state index contributed by atoms with van der Waals surface area (Å²) in [5, 5.41) is 0. The number of ether oxygens (including phenoxy) is 1. The molecule has 0 aromatic heterocycles. The van der Waals surface area contributed by atoms with Crippen LogP contribution in [0.5, 0.6) is 0 Å². The van der Waals surface area contributed by atoms with Gasteiger partial charge in [-0.25, -0.2) is 4.79 Å². The number of esters is 1. The number of benzene rings is 3. The normalized spacial score (nSPS) is 12.0. The van der Waals surface area contributed by atoms with Gasteiger partial charge in [0, 0.05) is 0 Å². The van der Waals surface area contributed by atoms with Crippen LogP contribution in [0.25, 0.3) is 22.3 Å². The van der Waals surface area contributed by atoms with Crippen molar-refractivity contribution in [1.29, 1.82) is 0 Å². The van der Waals surface area contributed by atoms with Crippen molar-refractivity contribution in [3.63, 3.8) is 0 Å². The van der Waals surface area contributed by atoms with Crippen LogP contribution in [0.15, 0.2) is 66.7 Å². The third-order valence-electron chi connectivity index (χ3n) is 5.57. The van der Waals surface area contributed by atoms with E-state index in [0.717, 1.165) is 22.3 Å². The van der Waals surface area contributed by atoms with Crippen molar-refractivity contribution in [2.45, 2.75) is 52.4 Å². The molecule has 3 aromatic rings. The van der Waals surface area contributed by atoms with Crippen molar-refractivity contribution in [3.8, 4) is 22.3 Å². The van der Waals surface area contributed by atoms with E-state index in [4.69, 9.17) is 4.74 Å². The minimum Gasteiger partial charge on any atom is -0.465 e. The largest absolute Gasteiger partial charge is 0.465 e. The average molecular weight is 401 g/mol. The van der Waals surface area contributed by atoms with E-state index in [1.165, 1.54) is 18.2 Å². The highest BCUT2D eigenvalue weighted by molar-refractivity contribution is 5.98. The average Bonchev–Trinajstić information content (AvgIpc) is 2.71. The molecule has 0 saturated heterocycles. The van der Waals surface area contributed by atoms with Crippen molar-refractivity contribution in [2.24, 2.45) is 0 Å². The summed E-state index contributed by atoms with van der Waals surface area (Å²) in [6.45, 7) is 13.2. The molecular formula is C28H32O2. The minimum atomic E-state index is -0.321. The second kappa shape index (κ2) is 8.10. The van der Waals surface area contributed by atoms with Gasteiger partial charge < -0.3 is 4.74 Å². The summed E-state index contributed by atoms with van der Waals surface area (Å²) >= 11 is 0. The van der Waals surface area contributed by atoms with Crippen molar-refractivity contribution in [1.82, 2.24) is 0 Å². The second-order valence-corrected chi connectivity index (χ2v) is 9.91. The molecule has 2 heteroatoms. The Morgan fingerprint density at radius 2 is 1.07 bits per heavy atom. The van der Waals surface area contributed by atoms with Crippen molar-refractivity contribution in [2.75, 3.05) is 7.11 Å². The molecule has 0 heterocycles. The SMILES string of the molecule is COC(=O)c1cc(-c2ccc(C(C)(C)C)cc2)ccc1-c1ccc(C(C)(C)C)cc1. The lowest BCUT2D eigenvalue weighted by Crippen LogP contribution is -2.10. The Balaban J connectivity index is 2.03. The second-order valence-electron chi connectivity index (χ2n) is 9.91. The molecule has 0 aliphatic carbocycles. The lowest BCUT2D eigenvalue weighted by Gasteiger charge is -2.20. The molecule has 0 aliphatic rings. The molecule has 0 spiro atoms. The lowest BCUT2D eigenvalue weighted by molar-refractivity contribution is 0.0601. The van der Waals surface area contributed by atoms with Crippen LogP contribution < -0.4 is 0 Å². The van der Waals surface area contributed by atoms with Gasteiger partial charge in [-0.1, -0.05) is 102 Å². The van der Waals surface area contributed by atoms with E-state index in [-0.39, 0.29) is 16.8 Å². The van der Waals surface area contributed by atoms with Gasteiger partial charge in [0.25, 0.3) is 0 Å². The summed E-state index contributed by atoms with van der Waals surface area (Å²) in [4.78, 5) is 12.6. The topological polar surface area (TPSA) is 26.3 Å². The molecule has 30 heavy (non-hydrogen) atoms. The Morgan fingerprint density at radius 3 is 1.50 bits per heavy atom. The lowest BCUT2D eigenvalue weighted by atomic mass is 9.85. The van der Waals surface area contributed by atoms with Crippen LogP contribution >= 0.6 is 0 Å². The van der Waals surface area contributed by atoms with E-state index in [9.17, 15) is 4.79 Å². The quantitative estimate of drug-likeness (QED) is 0.428. The third kappa shape index (κ3) is 4.64. The number of carbonyl (C=O) groups is 1. The van der Waals surface area contributed by atoms with E-state index < -0.39 is 0 Å². The maximum atomic E-state index is 12.6. The van der Waals surface area contributed by atoms with E-state index in [2.05, 4.69) is 96.1 Å². The molecule has 0 bridgehead atoms. The van der Waals surface area contributed by atoms with Gasteiger partial charge in [-0.3, -0.25) is 0 Å². The highest BCUT2D eigenvalue weighted by Crippen LogP contribution is 2.32. The Morgan fingerprint density at radius 1 is 0.633 bits per heavy atom. The first-order valence-electron chi connectivity index (χ1n) is 10.4. The molecule has 0 N–H and O–H groups in total. The minimum absolute atomic E-state index is 0.0901. The highest BCUT2D eigenvalue weighted by Gasteiger charge is 2.18. The zero-order valence-corrected chi connectivity index (χ0v) is 19.2. The van der Waals surface area contributed by atoms with Gasteiger partial charge in [0.1, 0.15) is 0 Å². The number of rotatable bonds is 3. The molecule has 0 amide bonds. The predicted molar refractivity (Wildman–Crippen MR) is 126 cm³/mol. The molecule has 0 radical (unpaired) electrons. The highest BCUT2D eigenvalue weighted by atomic mass is 16.5. The van der Waals surface area contributed by atoms with Gasteiger partial charge in [-0.15, -0.1) is 0 Å². The third-order valence-corrected chi connectivity index (χ3v) is 5.57. The molecule has 156 valence electrons. The maximum absolute atomic E-state index is 12.6. The van der Waals surface area contributed by atoms with Crippen LogP contribution in [-0.2, 0) is 15.6 Å². The first-order valence-corrected chi connectivity index (χ1v) is 10.4. The standard InChI is InChI=1S/C28H32O2/c1-27(2,3)22-13-8-19(9-14-22)21-12-17-24(25(18-21)26(29)30-7)20-10-15-23(16-11-20)28(4,5)6/h8-18H,1-7H3. The van der Waals surface area contributed by atoms with Gasteiger partial charge in [0.05, 0.1) is 12.7 Å². The Bertz CT molecular complexity index is 1030. The molecule has 0 saturated carbocycles. The Labute approximate surface area is 180 Å². The number of carbonyl (C=O) groups excluding carboxylic acids is 1. The summed E-state index contributed by atoms with van der Waals surface area (Å²) in [7, 11) is 1.43. The zero-order valence-electron chi connectivity index (χ0n) is 19.2. The van der Waals surface area contributed by atoms with Gasteiger partial charge in [0.15, 0.2) is 0 Å². The van der Waals surface area contributed by atoms with Crippen molar-refractivity contribution < 1.29 is 9.53 Å². The van der Waals surface area contributed by atoms with Crippen LogP contribution in [-0.4, -0.2) is 13.1 Å². The summed E-state index contributed by atoms with van der Waals surface area (Å²) in [5.74, 6) is -0.321. The molecule has 2 nitrogen and oxygen atoms in total. The molecular weight excluding hydrogens is 368 g/mol.